The van der Waals surface area contributed by atoms with Gasteiger partial charge in [0, 0.05) is 16.7 Å². The first-order valence-electron chi connectivity index (χ1n) is 12.1. The highest BCUT2D eigenvalue weighted by molar-refractivity contribution is 5.95. The Labute approximate surface area is 225 Å². The summed E-state index contributed by atoms with van der Waals surface area (Å²) in [6.07, 6.45) is -3.28. The maximum Gasteiger partial charge on any atom is 0.122 e. The van der Waals surface area contributed by atoms with Crippen LogP contribution in [0.15, 0.2) is 91.0 Å². The van der Waals surface area contributed by atoms with E-state index < -0.39 is 18.3 Å². The van der Waals surface area contributed by atoms with Gasteiger partial charge in [0.2, 0.25) is 0 Å². The number of nitrogens with two attached hydrogens (primary N) is 3. The van der Waals surface area contributed by atoms with Gasteiger partial charge in [-0.25, -0.2) is 0 Å². The molecule has 4 aromatic rings. The third kappa shape index (κ3) is 6.02. The predicted octanol–water partition coefficient (Wildman–Crippen LogP) is 2.78. The van der Waals surface area contributed by atoms with Crippen LogP contribution in [0, 0.1) is 16.2 Å². The average Bonchev–Trinajstić information content (AvgIpc) is 2.95. The molecule has 0 aliphatic carbocycles. The van der Waals surface area contributed by atoms with E-state index in [1.807, 2.05) is 0 Å². The minimum Gasteiger partial charge on any atom is -0.384 e. The summed E-state index contributed by atoms with van der Waals surface area (Å²) < 4.78 is 0. The summed E-state index contributed by atoms with van der Waals surface area (Å²) in [5, 5.41) is 56.5. The SMILES string of the molecule is N=C(N)c1ccc(C(O)c2cc(C(O)c3ccc(C(=N)N)cc3)cc(C(O)c3ccc(C(=N)N)cc3)c2)cc1. The molecule has 0 saturated carbocycles. The molecular formula is C30H30N6O3. The summed E-state index contributed by atoms with van der Waals surface area (Å²) in [6, 6.07) is 24.9. The molecule has 0 saturated heterocycles. The molecule has 4 rings (SSSR count). The highest BCUT2D eigenvalue weighted by Crippen LogP contribution is 2.33. The lowest BCUT2D eigenvalue weighted by Gasteiger charge is -2.21. The van der Waals surface area contributed by atoms with Crippen molar-refractivity contribution in [3.05, 3.63) is 141 Å². The van der Waals surface area contributed by atoms with Gasteiger partial charge in [0.05, 0.1) is 0 Å². The Bertz CT molecular complexity index is 1320. The van der Waals surface area contributed by atoms with Crippen LogP contribution in [-0.4, -0.2) is 32.8 Å². The van der Waals surface area contributed by atoms with Crippen molar-refractivity contribution in [3.8, 4) is 0 Å². The van der Waals surface area contributed by atoms with Crippen molar-refractivity contribution in [2.24, 2.45) is 17.2 Å². The lowest BCUT2D eigenvalue weighted by atomic mass is 9.90. The molecule has 3 atom stereocenters. The zero-order valence-corrected chi connectivity index (χ0v) is 21.0. The Kier molecular flexibility index (Phi) is 7.87. The second-order valence-electron chi connectivity index (χ2n) is 9.25. The maximum atomic E-state index is 11.2. The van der Waals surface area contributed by atoms with E-state index in [2.05, 4.69) is 0 Å². The zero-order chi connectivity index (χ0) is 28.3. The summed E-state index contributed by atoms with van der Waals surface area (Å²) in [5.74, 6) is -0.255. The third-order valence-electron chi connectivity index (χ3n) is 6.56. The van der Waals surface area contributed by atoms with E-state index in [1.165, 1.54) is 0 Å². The Morgan fingerprint density at radius 3 is 0.795 bits per heavy atom. The summed E-state index contributed by atoms with van der Waals surface area (Å²) in [5.41, 5.74) is 21.2. The van der Waals surface area contributed by atoms with Crippen molar-refractivity contribution in [3.63, 3.8) is 0 Å². The van der Waals surface area contributed by atoms with Crippen LogP contribution in [0.1, 0.15) is 68.4 Å². The Hall–Kier alpha value is -4.83. The maximum absolute atomic E-state index is 11.2. The Morgan fingerprint density at radius 1 is 0.410 bits per heavy atom. The standard InChI is InChI=1S/C30H30N6O3/c31-28(32)19-7-1-16(2-8-19)25(37)22-13-23(26(38)17-3-9-20(10-4-17)29(33)34)15-24(14-22)27(39)18-5-11-21(12-6-18)30(35)36/h1-15,25-27,37-39H,(H3,31,32)(H3,33,34)(H3,35,36). The minimum absolute atomic E-state index is 0.0850. The van der Waals surface area contributed by atoms with E-state index >= 15 is 0 Å². The van der Waals surface area contributed by atoms with E-state index in [1.54, 1.807) is 91.0 Å². The summed E-state index contributed by atoms with van der Waals surface area (Å²) in [4.78, 5) is 0. The summed E-state index contributed by atoms with van der Waals surface area (Å²) in [7, 11) is 0. The van der Waals surface area contributed by atoms with Gasteiger partial charge in [-0.05, 0) is 51.6 Å². The van der Waals surface area contributed by atoms with E-state index in [0.717, 1.165) is 0 Å². The van der Waals surface area contributed by atoms with Crippen LogP contribution in [0.25, 0.3) is 0 Å². The number of nitrogen functional groups attached to an aromatic ring is 3. The Balaban J connectivity index is 1.77. The van der Waals surface area contributed by atoms with Gasteiger partial charge < -0.3 is 32.5 Å². The van der Waals surface area contributed by atoms with Gasteiger partial charge in [-0.1, -0.05) is 72.8 Å². The third-order valence-corrected chi connectivity index (χ3v) is 6.56. The number of hydrogen-bond acceptors (Lipinski definition) is 6. The van der Waals surface area contributed by atoms with Crippen molar-refractivity contribution < 1.29 is 15.3 Å². The molecule has 0 aromatic heterocycles. The van der Waals surface area contributed by atoms with Crippen LogP contribution in [-0.2, 0) is 0 Å². The lowest BCUT2D eigenvalue weighted by molar-refractivity contribution is 0.207. The molecule has 3 unspecified atom stereocenters. The van der Waals surface area contributed by atoms with E-state index in [4.69, 9.17) is 33.4 Å². The summed E-state index contributed by atoms with van der Waals surface area (Å²) in [6.45, 7) is 0. The molecule has 0 bridgehead atoms. The molecule has 39 heavy (non-hydrogen) atoms. The number of benzene rings is 4. The molecule has 9 heteroatoms. The first-order valence-corrected chi connectivity index (χ1v) is 12.1. The average molecular weight is 523 g/mol. The molecule has 0 radical (unpaired) electrons. The molecule has 0 amide bonds. The largest absolute Gasteiger partial charge is 0.384 e. The first kappa shape index (κ1) is 27.2. The number of hydrogen-bond donors (Lipinski definition) is 9. The van der Waals surface area contributed by atoms with Gasteiger partial charge >= 0.3 is 0 Å². The highest BCUT2D eigenvalue weighted by Gasteiger charge is 2.21. The van der Waals surface area contributed by atoms with Crippen LogP contribution in [0.3, 0.4) is 0 Å². The van der Waals surface area contributed by atoms with E-state index in [-0.39, 0.29) is 17.5 Å². The van der Waals surface area contributed by atoms with Gasteiger partial charge in [0.25, 0.3) is 0 Å². The molecule has 0 spiro atoms. The van der Waals surface area contributed by atoms with Crippen molar-refractivity contribution >= 4 is 17.5 Å². The van der Waals surface area contributed by atoms with Crippen molar-refractivity contribution in [2.45, 2.75) is 18.3 Å². The van der Waals surface area contributed by atoms with Gasteiger partial charge in [0.1, 0.15) is 35.8 Å². The number of nitrogens with one attached hydrogen (secondary N) is 3. The number of rotatable bonds is 9. The van der Waals surface area contributed by atoms with Crippen LogP contribution in [0.2, 0.25) is 0 Å². The second-order valence-corrected chi connectivity index (χ2v) is 9.25. The molecule has 12 N–H and O–H groups in total. The van der Waals surface area contributed by atoms with Gasteiger partial charge in [0.15, 0.2) is 0 Å². The fourth-order valence-corrected chi connectivity index (χ4v) is 4.29. The molecule has 0 aliphatic rings. The second kappa shape index (κ2) is 11.3. The zero-order valence-electron chi connectivity index (χ0n) is 21.0. The molecular weight excluding hydrogens is 492 g/mol. The lowest BCUT2D eigenvalue weighted by Crippen LogP contribution is -2.12. The van der Waals surface area contributed by atoms with Crippen LogP contribution < -0.4 is 17.2 Å². The molecule has 4 aromatic carbocycles. The predicted molar refractivity (Wildman–Crippen MR) is 151 cm³/mol. The normalized spacial score (nSPS) is 13.3. The topological polar surface area (TPSA) is 210 Å². The molecule has 9 nitrogen and oxygen atoms in total. The van der Waals surface area contributed by atoms with Gasteiger partial charge in [-0.3, -0.25) is 16.2 Å². The van der Waals surface area contributed by atoms with Crippen molar-refractivity contribution in [1.29, 1.82) is 16.2 Å². The fraction of sp³-hybridized carbons (Fsp3) is 0.100. The number of aliphatic hydroxyl groups excluding tert-OH is 3. The summed E-state index contributed by atoms with van der Waals surface area (Å²) >= 11 is 0. The minimum atomic E-state index is -1.09. The van der Waals surface area contributed by atoms with Gasteiger partial charge in [-0.15, -0.1) is 0 Å². The fourth-order valence-electron chi connectivity index (χ4n) is 4.29. The van der Waals surface area contributed by atoms with E-state index in [9.17, 15) is 15.3 Å². The van der Waals surface area contributed by atoms with Gasteiger partial charge in [-0.2, -0.15) is 0 Å². The van der Waals surface area contributed by atoms with Crippen LogP contribution in [0.4, 0.5) is 0 Å². The van der Waals surface area contributed by atoms with Crippen molar-refractivity contribution in [2.75, 3.05) is 0 Å². The van der Waals surface area contributed by atoms with Crippen LogP contribution >= 0.6 is 0 Å². The quantitative estimate of drug-likeness (QED) is 0.119. The highest BCUT2D eigenvalue weighted by atomic mass is 16.3. The molecule has 0 fully saturated rings. The molecule has 0 aliphatic heterocycles. The van der Waals surface area contributed by atoms with Crippen LogP contribution in [0.5, 0.6) is 0 Å². The number of aliphatic hydroxyl groups is 3. The first-order chi connectivity index (χ1) is 18.5. The Morgan fingerprint density at radius 2 is 0.615 bits per heavy atom. The molecule has 0 heterocycles. The monoisotopic (exact) mass is 522 g/mol. The molecule has 198 valence electrons. The smallest absolute Gasteiger partial charge is 0.122 e. The van der Waals surface area contributed by atoms with E-state index in [0.29, 0.717) is 50.1 Å². The number of amidine groups is 3. The van der Waals surface area contributed by atoms with Crippen molar-refractivity contribution in [1.82, 2.24) is 0 Å².